The highest BCUT2D eigenvalue weighted by Gasteiger charge is 2.27. The van der Waals surface area contributed by atoms with E-state index >= 15 is 0 Å². The molecule has 2 heterocycles. The molecule has 108 valence electrons. The minimum atomic E-state index is -3.16. The average Bonchev–Trinajstić information content (AvgIpc) is 2.95. The van der Waals surface area contributed by atoms with Gasteiger partial charge in [-0.3, -0.25) is 4.68 Å². The Balaban J connectivity index is 1.76. The van der Waals surface area contributed by atoms with E-state index in [1.807, 2.05) is 24.6 Å². The van der Waals surface area contributed by atoms with E-state index in [4.69, 9.17) is 0 Å². The zero-order valence-corrected chi connectivity index (χ0v) is 12.3. The van der Waals surface area contributed by atoms with E-state index < -0.39 is 10.0 Å². The van der Waals surface area contributed by atoms with Crippen molar-refractivity contribution in [3.63, 3.8) is 0 Å². The third-order valence-electron chi connectivity index (χ3n) is 3.41. The molecule has 6 nitrogen and oxygen atoms in total. The first-order valence-electron chi connectivity index (χ1n) is 6.69. The van der Waals surface area contributed by atoms with Crippen LogP contribution >= 0.6 is 0 Å². The van der Waals surface area contributed by atoms with Crippen molar-refractivity contribution in [1.29, 1.82) is 0 Å². The van der Waals surface area contributed by atoms with Crippen LogP contribution in [0.3, 0.4) is 0 Å². The van der Waals surface area contributed by atoms with Gasteiger partial charge in [-0.25, -0.2) is 13.1 Å². The Labute approximate surface area is 114 Å². The number of nitrogens with zero attached hydrogens (tertiary/aromatic N) is 2. The highest BCUT2D eigenvalue weighted by molar-refractivity contribution is 7.90. The maximum atomic E-state index is 11.9. The summed E-state index contributed by atoms with van der Waals surface area (Å²) >= 11 is 0. The summed E-state index contributed by atoms with van der Waals surface area (Å²) in [6.45, 7) is 6.53. The second-order valence-corrected chi connectivity index (χ2v) is 7.10. The molecule has 0 spiro atoms. The SMILES string of the molecule is Cc1cc(C)n(CCCNS(=O)(=O)C2CCNC2)n1. The smallest absolute Gasteiger partial charge is 0.215 e. The van der Waals surface area contributed by atoms with Crippen LogP contribution in [0.15, 0.2) is 6.07 Å². The van der Waals surface area contributed by atoms with Crippen molar-refractivity contribution in [2.24, 2.45) is 0 Å². The van der Waals surface area contributed by atoms with Crippen LogP contribution < -0.4 is 10.0 Å². The summed E-state index contributed by atoms with van der Waals surface area (Å²) in [5.74, 6) is 0. The third kappa shape index (κ3) is 3.77. The lowest BCUT2D eigenvalue weighted by Gasteiger charge is -2.12. The van der Waals surface area contributed by atoms with Crippen LogP contribution in [0, 0.1) is 13.8 Å². The Morgan fingerprint density at radius 2 is 2.32 bits per heavy atom. The summed E-state index contributed by atoms with van der Waals surface area (Å²) in [6, 6.07) is 2.02. The van der Waals surface area contributed by atoms with Gasteiger partial charge in [0.25, 0.3) is 0 Å². The predicted octanol–water partition coefficient (Wildman–Crippen LogP) is 0.171. The van der Waals surface area contributed by atoms with Crippen molar-refractivity contribution >= 4 is 10.0 Å². The second-order valence-electron chi connectivity index (χ2n) is 5.06. The average molecular weight is 286 g/mol. The molecule has 1 saturated heterocycles. The lowest BCUT2D eigenvalue weighted by molar-refractivity contribution is 0.538. The normalized spacial score (nSPS) is 20.0. The summed E-state index contributed by atoms with van der Waals surface area (Å²) < 4.78 is 28.5. The van der Waals surface area contributed by atoms with Gasteiger partial charge in [0.15, 0.2) is 0 Å². The summed E-state index contributed by atoms with van der Waals surface area (Å²) in [5, 5.41) is 7.15. The molecule has 1 aliphatic rings. The van der Waals surface area contributed by atoms with E-state index in [-0.39, 0.29) is 5.25 Å². The van der Waals surface area contributed by atoms with Gasteiger partial charge in [-0.2, -0.15) is 5.10 Å². The fraction of sp³-hybridized carbons (Fsp3) is 0.750. The van der Waals surface area contributed by atoms with Crippen molar-refractivity contribution in [3.05, 3.63) is 17.5 Å². The first-order chi connectivity index (χ1) is 8.99. The van der Waals surface area contributed by atoms with Gasteiger partial charge in [-0.05, 0) is 39.3 Å². The van der Waals surface area contributed by atoms with E-state index in [0.29, 0.717) is 19.5 Å². The quantitative estimate of drug-likeness (QED) is 0.731. The molecule has 2 rings (SSSR count). The van der Waals surface area contributed by atoms with Crippen LogP contribution in [0.1, 0.15) is 24.2 Å². The van der Waals surface area contributed by atoms with Crippen LogP contribution in [0.25, 0.3) is 0 Å². The maximum Gasteiger partial charge on any atom is 0.215 e. The van der Waals surface area contributed by atoms with E-state index in [1.165, 1.54) is 0 Å². The van der Waals surface area contributed by atoms with Gasteiger partial charge in [-0.15, -0.1) is 0 Å². The Morgan fingerprint density at radius 3 is 2.89 bits per heavy atom. The van der Waals surface area contributed by atoms with Crippen LogP contribution in [0.4, 0.5) is 0 Å². The fourth-order valence-electron chi connectivity index (χ4n) is 2.36. The van der Waals surface area contributed by atoms with E-state index in [9.17, 15) is 8.42 Å². The third-order valence-corrected chi connectivity index (χ3v) is 5.29. The van der Waals surface area contributed by atoms with Gasteiger partial charge in [0, 0.05) is 25.3 Å². The molecule has 0 aliphatic carbocycles. The van der Waals surface area contributed by atoms with Crippen LogP contribution in [0.2, 0.25) is 0 Å². The van der Waals surface area contributed by atoms with Gasteiger partial charge >= 0.3 is 0 Å². The highest BCUT2D eigenvalue weighted by atomic mass is 32.2. The molecule has 1 atom stereocenters. The first-order valence-corrected chi connectivity index (χ1v) is 8.24. The monoisotopic (exact) mass is 286 g/mol. The second kappa shape index (κ2) is 6.02. The van der Waals surface area contributed by atoms with Gasteiger partial charge in [0.2, 0.25) is 10.0 Å². The Morgan fingerprint density at radius 1 is 1.53 bits per heavy atom. The molecule has 1 aromatic rings. The molecule has 0 saturated carbocycles. The Hall–Kier alpha value is -0.920. The largest absolute Gasteiger partial charge is 0.315 e. The number of nitrogens with one attached hydrogen (secondary N) is 2. The van der Waals surface area contributed by atoms with Crippen LogP contribution in [0.5, 0.6) is 0 Å². The van der Waals surface area contributed by atoms with Crippen LogP contribution in [-0.2, 0) is 16.6 Å². The number of hydrogen-bond acceptors (Lipinski definition) is 4. The minimum absolute atomic E-state index is 0.277. The molecule has 1 aliphatic heterocycles. The summed E-state index contributed by atoms with van der Waals surface area (Å²) in [4.78, 5) is 0. The number of aryl methyl sites for hydroxylation is 3. The minimum Gasteiger partial charge on any atom is -0.315 e. The van der Waals surface area contributed by atoms with Crippen molar-refractivity contribution in [2.45, 2.75) is 38.5 Å². The van der Waals surface area contributed by atoms with Gasteiger partial charge in [0.05, 0.1) is 10.9 Å². The molecular weight excluding hydrogens is 264 g/mol. The number of hydrogen-bond donors (Lipinski definition) is 2. The molecule has 0 radical (unpaired) electrons. The summed E-state index contributed by atoms with van der Waals surface area (Å²) in [6.07, 6.45) is 1.45. The molecule has 2 N–H and O–H groups in total. The van der Waals surface area contributed by atoms with Crippen molar-refractivity contribution in [1.82, 2.24) is 19.8 Å². The summed E-state index contributed by atoms with van der Waals surface area (Å²) in [5.41, 5.74) is 2.11. The molecule has 1 unspecified atom stereocenters. The van der Waals surface area contributed by atoms with Crippen LogP contribution in [-0.4, -0.2) is 43.1 Å². The first kappa shape index (κ1) is 14.5. The number of sulfonamides is 1. The maximum absolute atomic E-state index is 11.9. The fourth-order valence-corrected chi connectivity index (χ4v) is 3.79. The Bertz CT molecular complexity index is 518. The van der Waals surface area contributed by atoms with Crippen molar-refractivity contribution in [3.8, 4) is 0 Å². The zero-order chi connectivity index (χ0) is 13.9. The summed E-state index contributed by atoms with van der Waals surface area (Å²) in [7, 11) is -3.16. The molecule has 0 aromatic carbocycles. The van der Waals surface area contributed by atoms with Crippen molar-refractivity contribution < 1.29 is 8.42 Å². The predicted molar refractivity (Wildman–Crippen MR) is 74.5 cm³/mol. The molecule has 1 fully saturated rings. The lowest BCUT2D eigenvalue weighted by atomic mass is 10.4. The molecule has 1 aromatic heterocycles. The zero-order valence-electron chi connectivity index (χ0n) is 11.5. The van der Waals surface area contributed by atoms with E-state index in [1.54, 1.807) is 0 Å². The molecule has 0 amide bonds. The van der Waals surface area contributed by atoms with E-state index in [2.05, 4.69) is 15.1 Å². The number of rotatable bonds is 6. The molecule has 19 heavy (non-hydrogen) atoms. The van der Waals surface area contributed by atoms with Gasteiger partial charge < -0.3 is 5.32 Å². The lowest BCUT2D eigenvalue weighted by Crippen LogP contribution is -2.36. The van der Waals surface area contributed by atoms with Gasteiger partial charge in [0.1, 0.15) is 0 Å². The molecular formula is C12H22N4O2S. The standard InChI is InChI=1S/C12H22N4O2S/c1-10-8-11(2)16(15-10)7-3-5-14-19(17,18)12-4-6-13-9-12/h8,12-14H,3-7,9H2,1-2H3. The van der Waals surface area contributed by atoms with E-state index in [0.717, 1.165) is 30.9 Å². The highest BCUT2D eigenvalue weighted by Crippen LogP contribution is 2.08. The van der Waals surface area contributed by atoms with Crippen molar-refractivity contribution in [2.75, 3.05) is 19.6 Å². The molecule has 7 heteroatoms. The molecule has 0 bridgehead atoms. The van der Waals surface area contributed by atoms with Gasteiger partial charge in [-0.1, -0.05) is 0 Å². The number of aromatic nitrogens is 2. The topological polar surface area (TPSA) is 76.0 Å². The Kier molecular flexibility index (Phi) is 4.59.